The minimum Gasteiger partial charge on any atom is -0.449 e. The molecule has 1 atom stereocenters. The molecule has 33 heavy (non-hydrogen) atoms. The van der Waals surface area contributed by atoms with Crippen LogP contribution in [0, 0.1) is 11.6 Å². The lowest BCUT2D eigenvalue weighted by Crippen LogP contribution is -2.29. The number of benzene rings is 2. The number of halogens is 3. The number of hydrogen-bond donors (Lipinski definition) is 2. The molecule has 6 nitrogen and oxygen atoms in total. The van der Waals surface area contributed by atoms with Crippen LogP contribution in [-0.2, 0) is 17.6 Å². The fraction of sp³-hybridized carbons (Fsp3) is 0.208. The Bertz CT molecular complexity index is 1190. The topological polar surface area (TPSA) is 80.3 Å². The van der Waals surface area contributed by atoms with Gasteiger partial charge in [-0.25, -0.2) is 13.6 Å². The number of ether oxygens (including phenoxy) is 1. The largest absolute Gasteiger partial charge is 0.449 e. The highest BCUT2D eigenvalue weighted by Crippen LogP contribution is 2.36. The molecule has 0 radical (unpaired) electrons. The van der Waals surface area contributed by atoms with E-state index in [-0.39, 0.29) is 22.8 Å². The fourth-order valence-corrected chi connectivity index (χ4v) is 4.00. The van der Waals surface area contributed by atoms with E-state index >= 15 is 0 Å². The third kappa shape index (κ3) is 5.28. The molecule has 0 spiro atoms. The number of hydrogen-bond acceptors (Lipinski definition) is 4. The molecule has 1 aliphatic rings. The van der Waals surface area contributed by atoms with Gasteiger partial charge in [0.05, 0.1) is 17.7 Å². The quantitative estimate of drug-likeness (QED) is 0.516. The second-order valence-electron chi connectivity index (χ2n) is 7.51. The molecular weight excluding hydrogens is 452 g/mol. The van der Waals surface area contributed by atoms with Gasteiger partial charge in [0.2, 0.25) is 0 Å². The van der Waals surface area contributed by atoms with Crippen molar-refractivity contribution in [2.24, 2.45) is 0 Å². The highest BCUT2D eigenvalue weighted by atomic mass is 35.5. The summed E-state index contributed by atoms with van der Waals surface area (Å²) in [5, 5.41) is 5.20. The first-order valence-electron chi connectivity index (χ1n) is 10.3. The molecule has 2 aromatic carbocycles. The minimum atomic E-state index is -0.668. The number of pyridine rings is 1. The molecule has 0 aliphatic heterocycles. The maximum Gasteiger partial charge on any atom is 0.407 e. The molecule has 0 saturated heterocycles. The normalized spacial score (nSPS) is 14.5. The van der Waals surface area contributed by atoms with Crippen molar-refractivity contribution in [3.8, 4) is 0 Å². The molecule has 0 bridgehead atoms. The fourth-order valence-electron chi connectivity index (χ4n) is 3.82. The number of amides is 2. The zero-order valence-electron chi connectivity index (χ0n) is 17.4. The predicted molar refractivity (Wildman–Crippen MR) is 119 cm³/mol. The lowest BCUT2D eigenvalue weighted by atomic mass is 10.0. The number of carbonyl (C=O) groups is 2. The Kier molecular flexibility index (Phi) is 6.84. The van der Waals surface area contributed by atoms with Gasteiger partial charge in [0, 0.05) is 35.1 Å². The van der Waals surface area contributed by atoms with Crippen molar-refractivity contribution in [2.45, 2.75) is 25.3 Å². The zero-order chi connectivity index (χ0) is 23.4. The summed E-state index contributed by atoms with van der Waals surface area (Å²) in [5.74, 6) is -1.59. The van der Waals surface area contributed by atoms with Gasteiger partial charge in [0.25, 0.3) is 5.91 Å². The van der Waals surface area contributed by atoms with Crippen molar-refractivity contribution in [1.29, 1.82) is 0 Å². The van der Waals surface area contributed by atoms with E-state index in [4.69, 9.17) is 16.3 Å². The summed E-state index contributed by atoms with van der Waals surface area (Å²) >= 11 is 5.76. The van der Waals surface area contributed by atoms with Crippen LogP contribution in [-0.4, -0.2) is 23.6 Å². The predicted octanol–water partition coefficient (Wildman–Crippen LogP) is 5.22. The zero-order valence-corrected chi connectivity index (χ0v) is 18.2. The van der Waals surface area contributed by atoms with Crippen molar-refractivity contribution in [1.82, 2.24) is 10.3 Å². The maximum absolute atomic E-state index is 14.6. The summed E-state index contributed by atoms with van der Waals surface area (Å²) in [7, 11) is 0. The molecule has 0 fully saturated rings. The van der Waals surface area contributed by atoms with E-state index < -0.39 is 29.7 Å². The molecule has 170 valence electrons. The molecule has 0 unspecified atom stereocenters. The Morgan fingerprint density at radius 3 is 2.70 bits per heavy atom. The Labute approximate surface area is 193 Å². The molecule has 1 heterocycles. The number of anilines is 1. The van der Waals surface area contributed by atoms with Gasteiger partial charge in [-0.05, 0) is 60.9 Å². The molecule has 0 saturated carbocycles. The van der Waals surface area contributed by atoms with Crippen LogP contribution >= 0.6 is 11.6 Å². The monoisotopic (exact) mass is 471 g/mol. The number of nitrogens with one attached hydrogen (secondary N) is 2. The van der Waals surface area contributed by atoms with Crippen LogP contribution in [0.4, 0.5) is 19.3 Å². The molecule has 4 rings (SSSR count). The number of rotatable bonds is 6. The van der Waals surface area contributed by atoms with Gasteiger partial charge >= 0.3 is 6.09 Å². The van der Waals surface area contributed by atoms with Crippen LogP contribution in [0.15, 0.2) is 54.7 Å². The van der Waals surface area contributed by atoms with Crippen molar-refractivity contribution in [3.63, 3.8) is 0 Å². The third-order valence-electron chi connectivity index (χ3n) is 5.37. The first-order valence-corrected chi connectivity index (χ1v) is 10.7. The van der Waals surface area contributed by atoms with Crippen molar-refractivity contribution >= 4 is 29.3 Å². The summed E-state index contributed by atoms with van der Waals surface area (Å²) in [4.78, 5) is 29.2. The lowest BCUT2D eigenvalue weighted by Gasteiger charge is -2.16. The van der Waals surface area contributed by atoms with Crippen LogP contribution in [0.3, 0.4) is 0 Å². The number of nitrogens with zero attached hydrogens (tertiary/aromatic N) is 1. The van der Waals surface area contributed by atoms with Gasteiger partial charge in [-0.3, -0.25) is 9.78 Å². The second kappa shape index (κ2) is 9.95. The van der Waals surface area contributed by atoms with E-state index in [0.717, 1.165) is 11.8 Å². The van der Waals surface area contributed by atoms with Gasteiger partial charge in [-0.15, -0.1) is 0 Å². The summed E-state index contributed by atoms with van der Waals surface area (Å²) in [5.41, 5.74) is 2.16. The molecule has 1 aromatic heterocycles. The highest BCUT2D eigenvalue weighted by molar-refractivity contribution is 6.31. The number of aromatic nitrogens is 1. The van der Waals surface area contributed by atoms with E-state index in [1.165, 1.54) is 24.3 Å². The lowest BCUT2D eigenvalue weighted by molar-refractivity contribution is 0.102. The minimum absolute atomic E-state index is 0.122. The van der Waals surface area contributed by atoms with Crippen molar-refractivity contribution in [3.05, 3.63) is 93.8 Å². The van der Waals surface area contributed by atoms with Crippen LogP contribution < -0.4 is 10.6 Å². The molecule has 2 amide bonds. The van der Waals surface area contributed by atoms with Gasteiger partial charge in [0.15, 0.2) is 0 Å². The molecule has 3 aromatic rings. The van der Waals surface area contributed by atoms with Gasteiger partial charge < -0.3 is 15.4 Å². The first-order chi connectivity index (χ1) is 15.9. The van der Waals surface area contributed by atoms with Crippen molar-refractivity contribution in [2.75, 3.05) is 11.9 Å². The molecule has 1 aliphatic carbocycles. The van der Waals surface area contributed by atoms with Gasteiger partial charge in [-0.1, -0.05) is 17.7 Å². The average molecular weight is 472 g/mol. The summed E-state index contributed by atoms with van der Waals surface area (Å²) in [6, 6.07) is 11.3. The van der Waals surface area contributed by atoms with Gasteiger partial charge in [-0.2, -0.15) is 0 Å². The van der Waals surface area contributed by atoms with Crippen molar-refractivity contribution < 1.29 is 23.1 Å². The Balaban J connectivity index is 1.42. The second-order valence-corrected chi connectivity index (χ2v) is 7.92. The van der Waals surface area contributed by atoms with E-state index in [1.807, 2.05) is 12.1 Å². The smallest absolute Gasteiger partial charge is 0.407 e. The standard InChI is InChI=1S/C24H20ClF2N3O3/c25-18-13-15(4-7-19(18)26)29-23(31)17-5-8-20(27)22-16(17)6-9-21(22)30-24(32)33-12-10-14-3-1-2-11-28-14/h1-5,7-8,11,13,21H,6,9-10,12H2,(H,29,31)(H,30,32)/t21-/m0/s1. The van der Waals surface area contributed by atoms with Crippen LogP contribution in [0.1, 0.15) is 39.6 Å². The number of fused-ring (bicyclic) bond motifs is 1. The summed E-state index contributed by atoms with van der Waals surface area (Å²) in [6.45, 7) is 0.133. The maximum atomic E-state index is 14.6. The molecule has 2 N–H and O–H groups in total. The number of alkyl carbamates (subject to hydrolysis) is 1. The Morgan fingerprint density at radius 2 is 1.94 bits per heavy atom. The Morgan fingerprint density at radius 1 is 1.12 bits per heavy atom. The first kappa shape index (κ1) is 22.7. The Hall–Kier alpha value is -3.52. The molecule has 9 heteroatoms. The highest BCUT2D eigenvalue weighted by Gasteiger charge is 2.31. The van der Waals surface area contributed by atoms with E-state index in [0.29, 0.717) is 30.5 Å². The third-order valence-corrected chi connectivity index (χ3v) is 5.66. The van der Waals surface area contributed by atoms with E-state index in [2.05, 4.69) is 15.6 Å². The summed E-state index contributed by atoms with van der Waals surface area (Å²) < 4.78 is 33.2. The van der Waals surface area contributed by atoms with Gasteiger partial charge in [0.1, 0.15) is 11.6 Å². The van der Waals surface area contributed by atoms with E-state index in [1.54, 1.807) is 12.3 Å². The van der Waals surface area contributed by atoms with Crippen LogP contribution in [0.2, 0.25) is 5.02 Å². The molecular formula is C24H20ClF2N3O3. The SMILES string of the molecule is O=C(N[C@H]1CCc2c(C(=O)Nc3ccc(F)c(Cl)c3)ccc(F)c21)OCCc1ccccn1. The van der Waals surface area contributed by atoms with Crippen LogP contribution in [0.5, 0.6) is 0 Å². The van der Waals surface area contributed by atoms with Crippen LogP contribution in [0.25, 0.3) is 0 Å². The summed E-state index contributed by atoms with van der Waals surface area (Å²) in [6.07, 6.45) is 2.28. The average Bonchev–Trinajstić information content (AvgIpc) is 3.21. The number of carbonyl (C=O) groups excluding carboxylic acids is 2. The van der Waals surface area contributed by atoms with E-state index in [9.17, 15) is 18.4 Å².